The molecule has 0 unspecified atom stereocenters. The maximum Gasteiger partial charge on any atom is 0.256 e. The van der Waals surface area contributed by atoms with E-state index < -0.39 is 5.41 Å². The number of nitrogens with one attached hydrogen (secondary N) is 1. The van der Waals surface area contributed by atoms with E-state index in [2.05, 4.69) is 17.4 Å². The summed E-state index contributed by atoms with van der Waals surface area (Å²) in [7, 11) is 0. The second kappa shape index (κ2) is 4.95. The van der Waals surface area contributed by atoms with Gasteiger partial charge in [-0.05, 0) is 32.8 Å². The van der Waals surface area contributed by atoms with E-state index in [1.807, 2.05) is 39.0 Å². The second-order valence-corrected chi connectivity index (χ2v) is 7.01. The van der Waals surface area contributed by atoms with Gasteiger partial charge >= 0.3 is 0 Å². The van der Waals surface area contributed by atoms with Gasteiger partial charge in [-0.3, -0.25) is 4.79 Å². The highest BCUT2D eigenvalue weighted by Gasteiger charge is 2.53. The average molecular weight is 285 g/mol. The van der Waals surface area contributed by atoms with E-state index in [9.17, 15) is 4.79 Å². The number of hydrogen-bond acceptors (Lipinski definition) is 3. The van der Waals surface area contributed by atoms with Gasteiger partial charge in [0.25, 0.3) is 5.91 Å². The number of nitrogens with zero attached hydrogens (tertiary/aromatic N) is 2. The van der Waals surface area contributed by atoms with E-state index >= 15 is 0 Å². The SMILES string of the molecule is CC(C)(C)N1N=C2CCNC[C@@]2(Cc2ccccc2)C1=O. The molecule has 0 bridgehead atoms. The van der Waals surface area contributed by atoms with Gasteiger partial charge in [0, 0.05) is 19.5 Å². The van der Waals surface area contributed by atoms with Crippen LogP contribution in [-0.4, -0.2) is 35.3 Å². The Morgan fingerprint density at radius 3 is 2.67 bits per heavy atom. The number of carbonyl (C=O) groups is 1. The molecular formula is C17H23N3O. The first-order valence-electron chi connectivity index (χ1n) is 7.61. The molecule has 0 spiro atoms. The summed E-state index contributed by atoms with van der Waals surface area (Å²) in [5.74, 6) is 0.140. The number of amides is 1. The highest BCUT2D eigenvalue weighted by atomic mass is 16.2. The van der Waals surface area contributed by atoms with Gasteiger partial charge in [0.15, 0.2) is 0 Å². The molecule has 2 aliphatic heterocycles. The first kappa shape index (κ1) is 14.3. The van der Waals surface area contributed by atoms with Crippen molar-refractivity contribution < 1.29 is 4.79 Å². The van der Waals surface area contributed by atoms with Crippen molar-refractivity contribution in [2.24, 2.45) is 10.5 Å². The second-order valence-electron chi connectivity index (χ2n) is 7.01. The Hall–Kier alpha value is -1.68. The Kier molecular flexibility index (Phi) is 3.36. The van der Waals surface area contributed by atoms with Crippen LogP contribution in [0.3, 0.4) is 0 Å². The van der Waals surface area contributed by atoms with Crippen LogP contribution in [0.1, 0.15) is 32.8 Å². The first-order valence-corrected chi connectivity index (χ1v) is 7.61. The molecule has 2 aliphatic rings. The monoisotopic (exact) mass is 285 g/mol. The third-order valence-corrected chi connectivity index (χ3v) is 4.32. The number of carbonyl (C=O) groups excluding carboxylic acids is 1. The van der Waals surface area contributed by atoms with Crippen LogP contribution < -0.4 is 5.32 Å². The molecule has 112 valence electrons. The lowest BCUT2D eigenvalue weighted by atomic mass is 9.74. The van der Waals surface area contributed by atoms with Gasteiger partial charge < -0.3 is 5.32 Å². The lowest BCUT2D eigenvalue weighted by Gasteiger charge is -2.35. The van der Waals surface area contributed by atoms with Gasteiger partial charge in [0.2, 0.25) is 0 Å². The first-order chi connectivity index (χ1) is 9.93. The molecule has 1 fully saturated rings. The minimum atomic E-state index is -0.493. The van der Waals surface area contributed by atoms with Crippen molar-refractivity contribution in [2.75, 3.05) is 13.1 Å². The van der Waals surface area contributed by atoms with Crippen LogP contribution in [0.25, 0.3) is 0 Å². The maximum atomic E-state index is 13.1. The predicted molar refractivity (Wildman–Crippen MR) is 84.1 cm³/mol. The molecule has 2 heterocycles. The summed E-state index contributed by atoms with van der Waals surface area (Å²) in [4.78, 5) is 13.1. The number of hydrogen-bond donors (Lipinski definition) is 1. The number of fused-ring (bicyclic) bond motifs is 1. The van der Waals surface area contributed by atoms with Crippen molar-refractivity contribution in [3.05, 3.63) is 35.9 Å². The van der Waals surface area contributed by atoms with Gasteiger partial charge in [-0.1, -0.05) is 30.3 Å². The predicted octanol–water partition coefficient (Wildman–Crippen LogP) is 2.21. The van der Waals surface area contributed by atoms with Crippen LogP contribution in [0.2, 0.25) is 0 Å². The van der Waals surface area contributed by atoms with E-state index in [4.69, 9.17) is 5.10 Å². The number of piperidine rings is 1. The third kappa shape index (κ3) is 2.38. The quantitative estimate of drug-likeness (QED) is 0.905. The zero-order valence-corrected chi connectivity index (χ0v) is 13.0. The topological polar surface area (TPSA) is 44.7 Å². The summed E-state index contributed by atoms with van der Waals surface area (Å²) >= 11 is 0. The van der Waals surface area contributed by atoms with Crippen LogP contribution in [0.15, 0.2) is 35.4 Å². The normalized spacial score (nSPS) is 25.8. The zero-order valence-electron chi connectivity index (χ0n) is 13.0. The van der Waals surface area contributed by atoms with Crippen LogP contribution in [-0.2, 0) is 11.2 Å². The van der Waals surface area contributed by atoms with Crippen molar-refractivity contribution in [1.29, 1.82) is 0 Å². The van der Waals surface area contributed by atoms with Crippen LogP contribution in [0.4, 0.5) is 0 Å². The van der Waals surface area contributed by atoms with Crippen LogP contribution in [0.5, 0.6) is 0 Å². The zero-order chi connectivity index (χ0) is 15.1. The van der Waals surface area contributed by atoms with Crippen molar-refractivity contribution >= 4 is 11.6 Å². The number of hydrazone groups is 1. The Morgan fingerprint density at radius 1 is 1.29 bits per heavy atom. The number of benzene rings is 1. The summed E-state index contributed by atoms with van der Waals surface area (Å²) in [5, 5.41) is 9.78. The molecule has 0 saturated carbocycles. The molecule has 0 aliphatic carbocycles. The summed E-state index contributed by atoms with van der Waals surface area (Å²) < 4.78 is 0. The van der Waals surface area contributed by atoms with Crippen molar-refractivity contribution in [2.45, 2.75) is 39.2 Å². The molecule has 0 aromatic heterocycles. The molecule has 1 aromatic rings. The van der Waals surface area contributed by atoms with Crippen molar-refractivity contribution in [1.82, 2.24) is 10.3 Å². The van der Waals surface area contributed by atoms with E-state index in [-0.39, 0.29) is 11.4 Å². The molecule has 3 rings (SSSR count). The molecule has 1 aromatic carbocycles. The van der Waals surface area contributed by atoms with E-state index in [0.29, 0.717) is 6.54 Å². The minimum absolute atomic E-state index is 0.140. The van der Waals surface area contributed by atoms with Crippen LogP contribution in [0, 0.1) is 5.41 Å². The summed E-state index contributed by atoms with van der Waals surface area (Å²) in [5.41, 5.74) is 1.47. The molecule has 1 amide bonds. The fourth-order valence-electron chi connectivity index (χ4n) is 3.20. The van der Waals surface area contributed by atoms with Gasteiger partial charge in [-0.15, -0.1) is 0 Å². The standard InChI is InChI=1S/C17H23N3O/c1-16(2,3)20-15(21)17(11-13-7-5-4-6-8-13)12-18-10-9-14(17)19-20/h4-8,18H,9-12H2,1-3H3/t17-/m1/s1. The Balaban J connectivity index is 1.98. The molecular weight excluding hydrogens is 262 g/mol. The summed E-state index contributed by atoms with van der Waals surface area (Å²) in [6.07, 6.45) is 1.58. The van der Waals surface area contributed by atoms with E-state index in [1.165, 1.54) is 5.56 Å². The summed E-state index contributed by atoms with van der Waals surface area (Å²) in [6.45, 7) is 7.70. The molecule has 0 radical (unpaired) electrons. The van der Waals surface area contributed by atoms with E-state index in [1.54, 1.807) is 5.01 Å². The molecule has 1 saturated heterocycles. The minimum Gasteiger partial charge on any atom is -0.315 e. The van der Waals surface area contributed by atoms with Gasteiger partial charge in [0.1, 0.15) is 5.41 Å². The largest absolute Gasteiger partial charge is 0.315 e. The molecule has 4 nitrogen and oxygen atoms in total. The van der Waals surface area contributed by atoms with Crippen molar-refractivity contribution in [3.63, 3.8) is 0 Å². The highest BCUT2D eigenvalue weighted by molar-refractivity contribution is 6.13. The average Bonchev–Trinajstić information content (AvgIpc) is 2.74. The Labute approximate surface area is 126 Å². The number of rotatable bonds is 2. The van der Waals surface area contributed by atoms with Crippen molar-refractivity contribution in [3.8, 4) is 0 Å². The fraction of sp³-hybridized carbons (Fsp3) is 0.529. The summed E-state index contributed by atoms with van der Waals surface area (Å²) in [6, 6.07) is 10.2. The Bertz CT molecular complexity index is 573. The Morgan fingerprint density at radius 2 is 2.00 bits per heavy atom. The molecule has 1 N–H and O–H groups in total. The van der Waals surface area contributed by atoms with Gasteiger partial charge in [-0.25, -0.2) is 5.01 Å². The maximum absolute atomic E-state index is 13.1. The molecule has 21 heavy (non-hydrogen) atoms. The fourth-order valence-corrected chi connectivity index (χ4v) is 3.20. The van der Waals surface area contributed by atoms with Crippen LogP contribution >= 0.6 is 0 Å². The highest BCUT2D eigenvalue weighted by Crippen LogP contribution is 2.38. The molecule has 4 heteroatoms. The van der Waals surface area contributed by atoms with E-state index in [0.717, 1.165) is 25.1 Å². The smallest absolute Gasteiger partial charge is 0.256 e. The lowest BCUT2D eigenvalue weighted by Crippen LogP contribution is -2.54. The lowest BCUT2D eigenvalue weighted by molar-refractivity contribution is -0.140. The van der Waals surface area contributed by atoms with Gasteiger partial charge in [-0.2, -0.15) is 5.10 Å². The third-order valence-electron chi connectivity index (χ3n) is 4.32. The van der Waals surface area contributed by atoms with Gasteiger partial charge in [0.05, 0.1) is 11.3 Å². The molecule has 1 atom stereocenters.